The Kier molecular flexibility index (Phi) is 10.1. The quantitative estimate of drug-likeness (QED) is 0.130. The molecule has 5 atom stereocenters. The van der Waals surface area contributed by atoms with Gasteiger partial charge in [0, 0.05) is 4.91 Å². The van der Waals surface area contributed by atoms with Crippen LogP contribution in [-0.2, 0) is 38.8 Å². The van der Waals surface area contributed by atoms with Crippen molar-refractivity contribution < 1.29 is 18.9 Å². The molecule has 0 N–H and O–H groups in total. The second kappa shape index (κ2) is 14.2. The SMILES string of the molecule is C=C=C[C@H]1OC(COCc2ccccc2)[C@@H](OCc2ccccc2)C(OCc2ccccc2)C1N=[N+]=[N-]. The number of hydrogen-bond acceptors (Lipinski definition) is 5. The van der Waals surface area contributed by atoms with Gasteiger partial charge in [0.2, 0.25) is 0 Å². The molecule has 1 aliphatic heterocycles. The Morgan fingerprint density at radius 1 is 0.811 bits per heavy atom. The second-order valence-corrected chi connectivity index (χ2v) is 8.73. The molecule has 7 nitrogen and oxygen atoms in total. The van der Waals surface area contributed by atoms with Crippen LogP contribution in [0.1, 0.15) is 16.7 Å². The molecule has 3 aromatic rings. The van der Waals surface area contributed by atoms with Crippen LogP contribution in [-0.4, -0.2) is 37.1 Å². The first-order valence-electron chi connectivity index (χ1n) is 12.3. The van der Waals surface area contributed by atoms with Crippen molar-refractivity contribution in [2.75, 3.05) is 6.61 Å². The average Bonchev–Trinajstić information content (AvgIpc) is 2.94. The van der Waals surface area contributed by atoms with E-state index in [1.54, 1.807) is 6.08 Å². The van der Waals surface area contributed by atoms with Crippen molar-refractivity contribution in [3.63, 3.8) is 0 Å². The second-order valence-electron chi connectivity index (χ2n) is 8.73. The van der Waals surface area contributed by atoms with Crippen molar-refractivity contribution in [2.45, 2.75) is 50.3 Å². The molecule has 0 bridgehead atoms. The molecule has 1 saturated heterocycles. The first-order chi connectivity index (χ1) is 18.3. The van der Waals surface area contributed by atoms with Crippen LogP contribution < -0.4 is 0 Å². The molecule has 0 aromatic heterocycles. The van der Waals surface area contributed by atoms with Gasteiger partial charge in [-0.15, -0.1) is 5.73 Å². The molecule has 7 heteroatoms. The lowest BCUT2D eigenvalue weighted by Gasteiger charge is -2.44. The van der Waals surface area contributed by atoms with Gasteiger partial charge in [0.25, 0.3) is 0 Å². The van der Waals surface area contributed by atoms with E-state index in [0.29, 0.717) is 19.8 Å². The van der Waals surface area contributed by atoms with Crippen molar-refractivity contribution in [1.29, 1.82) is 0 Å². The molecular formula is C30H31N3O4. The normalized spacial score (nSPS) is 23.0. The minimum atomic E-state index is -0.672. The molecular weight excluding hydrogens is 466 g/mol. The van der Waals surface area contributed by atoms with Gasteiger partial charge in [-0.3, -0.25) is 0 Å². The fraction of sp³-hybridized carbons (Fsp3) is 0.300. The van der Waals surface area contributed by atoms with E-state index in [1.165, 1.54) is 0 Å². The summed E-state index contributed by atoms with van der Waals surface area (Å²) in [5, 5.41) is 4.06. The molecule has 190 valence electrons. The predicted octanol–water partition coefficient (Wildman–Crippen LogP) is 6.16. The van der Waals surface area contributed by atoms with Crippen molar-refractivity contribution in [2.24, 2.45) is 5.11 Å². The van der Waals surface area contributed by atoms with Crippen LogP contribution in [0, 0.1) is 0 Å². The number of rotatable bonds is 12. The van der Waals surface area contributed by atoms with Gasteiger partial charge < -0.3 is 18.9 Å². The fourth-order valence-electron chi connectivity index (χ4n) is 4.33. The van der Waals surface area contributed by atoms with Gasteiger partial charge in [-0.2, -0.15) is 0 Å². The maximum absolute atomic E-state index is 9.37. The largest absolute Gasteiger partial charge is 0.374 e. The third-order valence-corrected chi connectivity index (χ3v) is 6.13. The first-order valence-corrected chi connectivity index (χ1v) is 12.3. The Morgan fingerprint density at radius 2 is 1.32 bits per heavy atom. The Labute approximate surface area is 217 Å². The summed E-state index contributed by atoms with van der Waals surface area (Å²) in [6.07, 6.45) is -0.544. The lowest BCUT2D eigenvalue weighted by Crippen LogP contribution is -2.59. The number of azide groups is 1. The topological polar surface area (TPSA) is 85.7 Å². The van der Waals surface area contributed by atoms with Gasteiger partial charge in [-0.05, 0) is 28.3 Å². The maximum Gasteiger partial charge on any atom is 0.113 e. The Hall–Kier alpha value is -3.67. The van der Waals surface area contributed by atoms with E-state index < -0.39 is 30.5 Å². The van der Waals surface area contributed by atoms with Gasteiger partial charge in [0.05, 0.1) is 44.7 Å². The fourth-order valence-corrected chi connectivity index (χ4v) is 4.33. The summed E-state index contributed by atoms with van der Waals surface area (Å²) >= 11 is 0. The van der Waals surface area contributed by atoms with Crippen molar-refractivity contribution >= 4 is 0 Å². The third kappa shape index (κ3) is 7.66. The monoisotopic (exact) mass is 497 g/mol. The van der Waals surface area contributed by atoms with Gasteiger partial charge >= 0.3 is 0 Å². The van der Waals surface area contributed by atoms with E-state index in [2.05, 4.69) is 22.3 Å². The maximum atomic E-state index is 9.37. The Balaban J connectivity index is 1.58. The summed E-state index contributed by atoms with van der Waals surface area (Å²) in [5.74, 6) is 0. The van der Waals surface area contributed by atoms with Crippen LogP contribution in [0.25, 0.3) is 10.4 Å². The summed E-state index contributed by atoms with van der Waals surface area (Å²) < 4.78 is 25.3. The van der Waals surface area contributed by atoms with Crippen molar-refractivity contribution in [1.82, 2.24) is 0 Å². The highest BCUT2D eigenvalue weighted by atomic mass is 16.6. The van der Waals surface area contributed by atoms with E-state index in [1.807, 2.05) is 91.0 Å². The number of nitrogens with zero attached hydrogens (tertiary/aromatic N) is 3. The highest BCUT2D eigenvalue weighted by Crippen LogP contribution is 2.31. The smallest absolute Gasteiger partial charge is 0.113 e. The van der Waals surface area contributed by atoms with E-state index in [9.17, 15) is 5.53 Å². The average molecular weight is 498 g/mol. The summed E-state index contributed by atoms with van der Waals surface area (Å²) in [6.45, 7) is 5.07. The summed E-state index contributed by atoms with van der Waals surface area (Å²) in [4.78, 5) is 3.09. The van der Waals surface area contributed by atoms with Crippen molar-refractivity contribution in [3.8, 4) is 0 Å². The molecule has 3 unspecified atom stereocenters. The zero-order chi connectivity index (χ0) is 25.7. The standard InChI is InChI=1S/C30H31N3O4/c1-2-12-26-28(32-33-31)30(36-21-25-17-10-5-11-18-25)29(35-20-24-15-8-4-9-16-24)27(37-26)22-34-19-23-13-6-3-7-14-23/h3-18,26-30H,1,19-22H2/t26-,27?,28?,29-,30?/m1/s1. The molecule has 0 saturated carbocycles. The van der Waals surface area contributed by atoms with E-state index in [0.717, 1.165) is 16.7 Å². The predicted molar refractivity (Wildman–Crippen MR) is 141 cm³/mol. The van der Waals surface area contributed by atoms with Crippen LogP contribution >= 0.6 is 0 Å². The molecule has 3 aromatic carbocycles. The van der Waals surface area contributed by atoms with Crippen LogP contribution in [0.2, 0.25) is 0 Å². The Morgan fingerprint density at radius 3 is 1.84 bits per heavy atom. The minimum absolute atomic E-state index is 0.268. The van der Waals surface area contributed by atoms with E-state index in [-0.39, 0.29) is 6.61 Å². The van der Waals surface area contributed by atoms with E-state index in [4.69, 9.17) is 18.9 Å². The van der Waals surface area contributed by atoms with Gasteiger partial charge in [0.1, 0.15) is 12.2 Å². The van der Waals surface area contributed by atoms with Crippen LogP contribution in [0.3, 0.4) is 0 Å². The summed E-state index contributed by atoms with van der Waals surface area (Å²) in [5.41, 5.74) is 15.2. The molecule has 0 aliphatic carbocycles. The lowest BCUT2D eigenvalue weighted by atomic mass is 9.92. The number of benzene rings is 3. The molecule has 0 radical (unpaired) electrons. The Bertz CT molecular complexity index is 1180. The van der Waals surface area contributed by atoms with E-state index >= 15 is 0 Å². The minimum Gasteiger partial charge on any atom is -0.374 e. The molecule has 4 rings (SSSR count). The molecule has 37 heavy (non-hydrogen) atoms. The highest BCUT2D eigenvalue weighted by Gasteiger charge is 2.46. The molecule has 0 amide bonds. The summed E-state index contributed by atoms with van der Waals surface area (Å²) in [6, 6.07) is 29.0. The van der Waals surface area contributed by atoms with Crippen LogP contribution in [0.5, 0.6) is 0 Å². The van der Waals surface area contributed by atoms with Gasteiger partial charge in [-0.25, -0.2) is 0 Å². The third-order valence-electron chi connectivity index (χ3n) is 6.13. The molecule has 1 aliphatic rings. The molecule has 0 spiro atoms. The lowest BCUT2D eigenvalue weighted by molar-refractivity contribution is -0.219. The molecule has 1 heterocycles. The van der Waals surface area contributed by atoms with Crippen molar-refractivity contribution in [3.05, 3.63) is 137 Å². The highest BCUT2D eigenvalue weighted by molar-refractivity contribution is 5.16. The van der Waals surface area contributed by atoms with Gasteiger partial charge in [0.15, 0.2) is 0 Å². The number of hydrogen-bond donors (Lipinski definition) is 0. The van der Waals surface area contributed by atoms with Crippen LogP contribution in [0.4, 0.5) is 0 Å². The molecule has 1 fully saturated rings. The van der Waals surface area contributed by atoms with Gasteiger partial charge in [-0.1, -0.05) is 103 Å². The van der Waals surface area contributed by atoms with Crippen LogP contribution in [0.15, 0.2) is 114 Å². The number of ether oxygens (including phenoxy) is 4. The zero-order valence-corrected chi connectivity index (χ0v) is 20.6. The summed E-state index contributed by atoms with van der Waals surface area (Å²) in [7, 11) is 0. The zero-order valence-electron chi connectivity index (χ0n) is 20.6. The first kappa shape index (κ1) is 26.4.